The van der Waals surface area contributed by atoms with Crippen molar-refractivity contribution in [3.63, 3.8) is 0 Å². The van der Waals surface area contributed by atoms with Crippen LogP contribution in [0.4, 0.5) is 0 Å². The molecule has 1 aromatic rings. The fraction of sp³-hybridized carbons (Fsp3) is 0.429. The minimum absolute atomic E-state index is 0.0173. The van der Waals surface area contributed by atoms with Crippen molar-refractivity contribution >= 4 is 15.6 Å². The molecule has 0 spiro atoms. The monoisotopic (exact) mass is 279 g/mol. The summed E-state index contributed by atoms with van der Waals surface area (Å²) in [6.07, 6.45) is 1.66. The van der Waals surface area contributed by atoms with Gasteiger partial charge in [-0.15, -0.1) is 0 Å². The molecule has 0 amide bonds. The summed E-state index contributed by atoms with van der Waals surface area (Å²) in [5, 5.41) is 9.41. The van der Waals surface area contributed by atoms with Gasteiger partial charge in [-0.2, -0.15) is 5.26 Å². The third-order valence-electron chi connectivity index (χ3n) is 3.13. The van der Waals surface area contributed by atoms with Crippen LogP contribution in [0.25, 0.3) is 0 Å². The van der Waals surface area contributed by atoms with Crippen LogP contribution >= 0.6 is 0 Å². The molecule has 0 aliphatic rings. The van der Waals surface area contributed by atoms with Crippen LogP contribution in [0.3, 0.4) is 0 Å². The molecule has 0 aliphatic heterocycles. The first-order chi connectivity index (χ1) is 8.82. The molecule has 0 bridgehead atoms. The van der Waals surface area contributed by atoms with E-state index in [4.69, 9.17) is 0 Å². The lowest BCUT2D eigenvalue weighted by Gasteiger charge is -2.24. The number of carbonyl (C=O) groups excluding carboxylic acids is 1. The second-order valence-electron chi connectivity index (χ2n) is 4.67. The average molecular weight is 279 g/mol. The van der Waals surface area contributed by atoms with Crippen LogP contribution in [0.15, 0.2) is 30.3 Å². The lowest BCUT2D eigenvalue weighted by atomic mass is 9.75. The SMILES string of the molecule is CC(=O)C(C#N)(CCCS(C)(=O)=O)c1ccccc1. The van der Waals surface area contributed by atoms with Gasteiger partial charge in [0.15, 0.2) is 5.78 Å². The van der Waals surface area contributed by atoms with Gasteiger partial charge in [0.2, 0.25) is 0 Å². The van der Waals surface area contributed by atoms with E-state index in [2.05, 4.69) is 6.07 Å². The summed E-state index contributed by atoms with van der Waals surface area (Å²) in [6.45, 7) is 1.37. The first-order valence-electron chi connectivity index (χ1n) is 5.97. The number of benzene rings is 1. The Hall–Kier alpha value is -1.67. The highest BCUT2D eigenvalue weighted by molar-refractivity contribution is 7.90. The molecule has 0 aromatic heterocycles. The Morgan fingerprint density at radius 2 is 1.89 bits per heavy atom. The fourth-order valence-electron chi connectivity index (χ4n) is 2.04. The normalized spacial score (nSPS) is 14.4. The van der Waals surface area contributed by atoms with Crippen molar-refractivity contribution in [3.8, 4) is 6.07 Å². The van der Waals surface area contributed by atoms with Crippen LogP contribution in [0, 0.1) is 11.3 Å². The first-order valence-corrected chi connectivity index (χ1v) is 8.03. The van der Waals surface area contributed by atoms with E-state index < -0.39 is 15.3 Å². The van der Waals surface area contributed by atoms with E-state index in [0.29, 0.717) is 12.0 Å². The van der Waals surface area contributed by atoms with Crippen LogP contribution in [-0.2, 0) is 20.0 Å². The summed E-state index contributed by atoms with van der Waals surface area (Å²) in [5.74, 6) is -0.272. The molecule has 0 aliphatic carbocycles. The number of sulfone groups is 1. The molecule has 102 valence electrons. The summed E-state index contributed by atoms with van der Waals surface area (Å²) < 4.78 is 22.3. The quantitative estimate of drug-likeness (QED) is 0.796. The van der Waals surface area contributed by atoms with Crippen molar-refractivity contribution in [2.45, 2.75) is 25.2 Å². The number of hydrogen-bond acceptors (Lipinski definition) is 4. The number of Topliss-reactive ketones (excluding diaryl/α,β-unsaturated/α-hetero) is 1. The Balaban J connectivity index is 3.02. The highest BCUT2D eigenvalue weighted by Gasteiger charge is 2.37. The molecule has 0 heterocycles. The first kappa shape index (κ1) is 15.4. The second kappa shape index (κ2) is 5.98. The van der Waals surface area contributed by atoms with Crippen molar-refractivity contribution in [1.29, 1.82) is 5.26 Å². The van der Waals surface area contributed by atoms with Gasteiger partial charge < -0.3 is 0 Å². The number of nitrogens with zero attached hydrogens (tertiary/aromatic N) is 1. The minimum Gasteiger partial charge on any atom is -0.298 e. The molecule has 1 rings (SSSR count). The lowest BCUT2D eigenvalue weighted by Crippen LogP contribution is -2.33. The molecule has 1 unspecified atom stereocenters. The highest BCUT2D eigenvalue weighted by Crippen LogP contribution is 2.30. The number of hydrogen-bond donors (Lipinski definition) is 0. The summed E-state index contributed by atoms with van der Waals surface area (Å²) in [5.41, 5.74) is -0.620. The predicted molar refractivity (Wildman–Crippen MR) is 73.4 cm³/mol. The van der Waals surface area contributed by atoms with Crippen LogP contribution in [0.5, 0.6) is 0 Å². The van der Waals surface area contributed by atoms with Crippen molar-refractivity contribution < 1.29 is 13.2 Å². The zero-order valence-electron chi connectivity index (χ0n) is 11.1. The Labute approximate surface area is 114 Å². The van der Waals surface area contributed by atoms with Crippen LogP contribution < -0.4 is 0 Å². The maximum atomic E-state index is 11.9. The minimum atomic E-state index is -3.08. The van der Waals surface area contributed by atoms with Gasteiger partial charge in [0.1, 0.15) is 15.3 Å². The molecular weight excluding hydrogens is 262 g/mol. The maximum Gasteiger partial charge on any atom is 0.154 e. The number of ketones is 1. The summed E-state index contributed by atoms with van der Waals surface area (Å²) >= 11 is 0. The average Bonchev–Trinajstić information content (AvgIpc) is 2.34. The van der Waals surface area contributed by atoms with Gasteiger partial charge in [0.25, 0.3) is 0 Å². The molecule has 4 nitrogen and oxygen atoms in total. The van der Waals surface area contributed by atoms with E-state index >= 15 is 0 Å². The van der Waals surface area contributed by atoms with Crippen LogP contribution in [-0.4, -0.2) is 26.2 Å². The third kappa shape index (κ3) is 3.90. The summed E-state index contributed by atoms with van der Waals surface area (Å²) in [6, 6.07) is 10.9. The Bertz CT molecular complexity index is 587. The van der Waals surface area contributed by atoms with E-state index in [1.54, 1.807) is 24.3 Å². The molecular formula is C14H17NO3S. The molecule has 19 heavy (non-hydrogen) atoms. The summed E-state index contributed by atoms with van der Waals surface area (Å²) in [7, 11) is -3.08. The molecule has 1 atom stereocenters. The van der Waals surface area contributed by atoms with Gasteiger partial charge in [0, 0.05) is 12.0 Å². The van der Waals surface area contributed by atoms with Crippen molar-refractivity contribution in [1.82, 2.24) is 0 Å². The Morgan fingerprint density at radius 3 is 2.32 bits per heavy atom. The van der Waals surface area contributed by atoms with E-state index in [-0.39, 0.29) is 18.0 Å². The number of carbonyl (C=O) groups is 1. The van der Waals surface area contributed by atoms with Gasteiger partial charge in [-0.1, -0.05) is 30.3 Å². The molecule has 0 N–H and O–H groups in total. The van der Waals surface area contributed by atoms with Gasteiger partial charge in [-0.25, -0.2) is 8.42 Å². The highest BCUT2D eigenvalue weighted by atomic mass is 32.2. The molecule has 5 heteroatoms. The fourth-order valence-corrected chi connectivity index (χ4v) is 2.71. The van der Waals surface area contributed by atoms with E-state index in [0.717, 1.165) is 6.26 Å². The van der Waals surface area contributed by atoms with E-state index in [1.165, 1.54) is 6.92 Å². The van der Waals surface area contributed by atoms with Gasteiger partial charge in [0.05, 0.1) is 6.07 Å². The molecule has 1 aromatic carbocycles. The topological polar surface area (TPSA) is 75.0 Å². The lowest BCUT2D eigenvalue weighted by molar-refractivity contribution is -0.120. The van der Waals surface area contributed by atoms with Gasteiger partial charge >= 0.3 is 0 Å². The van der Waals surface area contributed by atoms with Crippen molar-refractivity contribution in [3.05, 3.63) is 35.9 Å². The number of rotatable bonds is 6. The predicted octanol–water partition coefficient (Wildman–Crippen LogP) is 1.86. The zero-order chi connectivity index (χ0) is 14.5. The standard InChI is InChI=1S/C14H17NO3S/c1-12(16)14(11-15,9-6-10-19(2,17)18)13-7-4-3-5-8-13/h3-5,7-8H,6,9-10H2,1-2H3. The third-order valence-corrected chi connectivity index (χ3v) is 4.16. The van der Waals surface area contributed by atoms with E-state index in [1.807, 2.05) is 6.07 Å². The zero-order valence-corrected chi connectivity index (χ0v) is 11.9. The molecule has 0 saturated carbocycles. The molecule has 0 fully saturated rings. The van der Waals surface area contributed by atoms with Gasteiger partial charge in [-0.05, 0) is 25.3 Å². The van der Waals surface area contributed by atoms with Crippen molar-refractivity contribution in [2.24, 2.45) is 0 Å². The Morgan fingerprint density at radius 1 is 1.32 bits per heavy atom. The Kier molecular flexibility index (Phi) is 4.84. The largest absolute Gasteiger partial charge is 0.298 e. The van der Waals surface area contributed by atoms with Crippen LogP contribution in [0.2, 0.25) is 0 Å². The second-order valence-corrected chi connectivity index (χ2v) is 6.93. The molecule has 0 saturated heterocycles. The van der Waals surface area contributed by atoms with E-state index in [9.17, 15) is 18.5 Å². The van der Waals surface area contributed by atoms with Crippen LogP contribution in [0.1, 0.15) is 25.3 Å². The molecule has 0 radical (unpaired) electrons. The van der Waals surface area contributed by atoms with Crippen molar-refractivity contribution in [2.75, 3.05) is 12.0 Å². The smallest absolute Gasteiger partial charge is 0.154 e. The summed E-state index contributed by atoms with van der Waals surface area (Å²) in [4.78, 5) is 11.9. The van der Waals surface area contributed by atoms with Gasteiger partial charge in [-0.3, -0.25) is 4.79 Å². The number of nitriles is 1. The maximum absolute atomic E-state index is 11.9.